The van der Waals surface area contributed by atoms with E-state index >= 15 is 0 Å². The van der Waals surface area contributed by atoms with E-state index in [-0.39, 0.29) is 12.2 Å². The third-order valence-corrected chi connectivity index (χ3v) is 8.43. The quantitative estimate of drug-likeness (QED) is 0.0641. The Morgan fingerprint density at radius 3 is 2.62 bits per heavy atom. The van der Waals surface area contributed by atoms with Gasteiger partial charge in [-0.05, 0) is 62.2 Å². The van der Waals surface area contributed by atoms with E-state index in [1.165, 1.54) is 7.11 Å². The number of ether oxygens (including phenoxy) is 3. The maximum Gasteiger partial charge on any atom is 0.337 e. The molecule has 0 unspecified atom stereocenters. The van der Waals surface area contributed by atoms with Crippen LogP contribution >= 0.6 is 23.2 Å². The fraction of sp³-hybridized carbons (Fsp3) is 0.265. The molecule has 1 aliphatic heterocycles. The number of para-hydroxylation sites is 1. The second-order valence-corrected chi connectivity index (χ2v) is 11.6. The van der Waals surface area contributed by atoms with Crippen LogP contribution in [0.3, 0.4) is 0 Å². The molecule has 2 heterocycles. The molecule has 5 rings (SSSR count). The van der Waals surface area contributed by atoms with Gasteiger partial charge in [-0.25, -0.2) is 9.59 Å². The number of nitrogens with one attached hydrogen (secondary N) is 3. The zero-order valence-corrected chi connectivity index (χ0v) is 27.8. The van der Waals surface area contributed by atoms with Crippen molar-refractivity contribution in [1.82, 2.24) is 20.6 Å². The van der Waals surface area contributed by atoms with Crippen LogP contribution in [-0.2, 0) is 16.1 Å². The third-order valence-electron chi connectivity index (χ3n) is 7.69. The number of methoxy groups -OCH3 is 1. The number of halogens is 2. The van der Waals surface area contributed by atoms with Gasteiger partial charge in [-0.3, -0.25) is 5.43 Å². The average molecular weight is 681 g/mol. The summed E-state index contributed by atoms with van der Waals surface area (Å²) in [4.78, 5) is 24.7. The van der Waals surface area contributed by atoms with Crippen LogP contribution in [0.5, 0.6) is 11.5 Å². The van der Waals surface area contributed by atoms with Crippen LogP contribution in [-0.4, -0.2) is 54.4 Å². The number of carbonyl (C=O) groups is 2. The SMILES string of the molecule is CCOc1cc([C@@H]2NC(=O)NC(C)=C2C(=O)OC)ccc1OC[C@@H](O)N/N=C/c1c(C)n(Cc2ccc(Cl)c(Cl)c2)c2ccccc12. The molecule has 0 radical (unpaired) electrons. The van der Waals surface area contributed by atoms with E-state index in [4.69, 9.17) is 37.4 Å². The summed E-state index contributed by atoms with van der Waals surface area (Å²) >= 11 is 12.4. The second-order valence-electron chi connectivity index (χ2n) is 10.8. The molecule has 0 aliphatic carbocycles. The lowest BCUT2D eigenvalue weighted by atomic mass is 9.95. The Kier molecular flexibility index (Phi) is 10.6. The van der Waals surface area contributed by atoms with Gasteiger partial charge in [0, 0.05) is 34.4 Å². The molecule has 2 amide bonds. The lowest BCUT2D eigenvalue weighted by molar-refractivity contribution is -0.136. The van der Waals surface area contributed by atoms with Gasteiger partial charge in [0.1, 0.15) is 6.61 Å². The van der Waals surface area contributed by atoms with Crippen molar-refractivity contribution in [2.45, 2.75) is 39.6 Å². The Hall–Kier alpha value is -4.71. The van der Waals surface area contributed by atoms with Gasteiger partial charge in [-0.15, -0.1) is 0 Å². The number of benzene rings is 3. The van der Waals surface area contributed by atoms with E-state index in [0.717, 1.165) is 27.7 Å². The van der Waals surface area contributed by atoms with Gasteiger partial charge >= 0.3 is 12.0 Å². The Labute approximate surface area is 282 Å². The highest BCUT2D eigenvalue weighted by atomic mass is 35.5. The number of rotatable bonds is 12. The van der Waals surface area contributed by atoms with Crippen LogP contribution in [0.15, 0.2) is 77.0 Å². The summed E-state index contributed by atoms with van der Waals surface area (Å²) in [5.74, 6) is 0.169. The first-order valence-electron chi connectivity index (χ1n) is 14.9. The number of amides is 2. The van der Waals surface area contributed by atoms with Gasteiger partial charge in [0.15, 0.2) is 17.7 Å². The number of hydrogen-bond donors (Lipinski definition) is 4. The van der Waals surface area contributed by atoms with Crippen LogP contribution in [0.25, 0.3) is 10.9 Å². The molecule has 0 spiro atoms. The molecule has 1 aliphatic rings. The first-order chi connectivity index (χ1) is 22.6. The van der Waals surface area contributed by atoms with E-state index in [9.17, 15) is 14.7 Å². The van der Waals surface area contributed by atoms with Crippen molar-refractivity contribution in [3.63, 3.8) is 0 Å². The molecule has 0 saturated heterocycles. The van der Waals surface area contributed by atoms with Crippen molar-refractivity contribution < 1.29 is 28.9 Å². The van der Waals surface area contributed by atoms with Crippen LogP contribution in [0.2, 0.25) is 10.0 Å². The van der Waals surface area contributed by atoms with Gasteiger partial charge < -0.3 is 34.5 Å². The van der Waals surface area contributed by atoms with Crippen LogP contribution < -0.4 is 25.5 Å². The minimum atomic E-state index is -1.15. The summed E-state index contributed by atoms with van der Waals surface area (Å²) < 4.78 is 18.8. The number of aliphatic hydroxyl groups is 1. The molecule has 4 aromatic rings. The van der Waals surface area contributed by atoms with E-state index in [0.29, 0.717) is 46.0 Å². The molecule has 11 nitrogen and oxygen atoms in total. The molecule has 47 heavy (non-hydrogen) atoms. The van der Waals surface area contributed by atoms with Gasteiger partial charge in [-0.1, -0.05) is 53.5 Å². The number of allylic oxidation sites excluding steroid dienone is 1. The fourth-order valence-electron chi connectivity index (χ4n) is 5.45. The zero-order chi connectivity index (χ0) is 33.7. The first-order valence-corrected chi connectivity index (χ1v) is 15.6. The molecule has 0 fully saturated rings. The number of hydrazone groups is 1. The summed E-state index contributed by atoms with van der Waals surface area (Å²) in [5, 5.41) is 22.3. The average Bonchev–Trinajstić information content (AvgIpc) is 3.31. The van der Waals surface area contributed by atoms with Crippen molar-refractivity contribution in [2.75, 3.05) is 20.3 Å². The number of nitrogens with zero attached hydrogens (tertiary/aromatic N) is 2. The predicted octanol–water partition coefficient (Wildman–Crippen LogP) is 5.83. The van der Waals surface area contributed by atoms with Gasteiger partial charge in [0.2, 0.25) is 0 Å². The Balaban J connectivity index is 1.28. The summed E-state index contributed by atoms with van der Waals surface area (Å²) in [6.07, 6.45) is 0.527. The predicted molar refractivity (Wildman–Crippen MR) is 181 cm³/mol. The van der Waals surface area contributed by atoms with Crippen molar-refractivity contribution in [2.24, 2.45) is 5.10 Å². The minimum Gasteiger partial charge on any atom is -0.490 e. The normalized spacial score (nSPS) is 15.4. The third kappa shape index (κ3) is 7.48. The van der Waals surface area contributed by atoms with Gasteiger partial charge in [0.05, 0.1) is 41.6 Å². The smallest absolute Gasteiger partial charge is 0.337 e. The minimum absolute atomic E-state index is 0.147. The maximum atomic E-state index is 12.5. The molecular weight excluding hydrogens is 645 g/mol. The number of fused-ring (bicyclic) bond motifs is 1. The van der Waals surface area contributed by atoms with Gasteiger partial charge in [-0.2, -0.15) is 5.10 Å². The first kappa shape index (κ1) is 33.6. The Bertz CT molecular complexity index is 1870. The van der Waals surface area contributed by atoms with Gasteiger partial charge in [0.25, 0.3) is 0 Å². The topological polar surface area (TPSA) is 135 Å². The summed E-state index contributed by atoms with van der Waals surface area (Å²) in [6.45, 7) is 6.24. The van der Waals surface area contributed by atoms with Crippen LogP contribution in [0.4, 0.5) is 4.79 Å². The largest absolute Gasteiger partial charge is 0.490 e. The van der Waals surface area contributed by atoms with Crippen LogP contribution in [0, 0.1) is 6.92 Å². The van der Waals surface area contributed by atoms with E-state index in [2.05, 4.69) is 25.7 Å². The number of urea groups is 1. The highest BCUT2D eigenvalue weighted by Gasteiger charge is 2.32. The number of carbonyl (C=O) groups excluding carboxylic acids is 2. The summed E-state index contributed by atoms with van der Waals surface area (Å²) in [6, 6.07) is 17.4. The molecule has 0 bridgehead atoms. The molecular formula is C34H35Cl2N5O6. The molecule has 0 saturated carbocycles. The monoisotopic (exact) mass is 679 g/mol. The molecule has 4 N–H and O–H groups in total. The fourth-order valence-corrected chi connectivity index (χ4v) is 5.78. The number of aromatic nitrogens is 1. The van der Waals surface area contributed by atoms with Crippen molar-refractivity contribution in [3.8, 4) is 11.5 Å². The number of aliphatic hydroxyl groups excluding tert-OH is 1. The molecule has 13 heteroatoms. The van der Waals surface area contributed by atoms with E-state index in [1.807, 2.05) is 50.2 Å². The van der Waals surface area contributed by atoms with Crippen molar-refractivity contribution in [1.29, 1.82) is 0 Å². The lowest BCUT2D eigenvalue weighted by Gasteiger charge is -2.28. The highest BCUT2D eigenvalue weighted by Crippen LogP contribution is 2.35. The van der Waals surface area contributed by atoms with Crippen LogP contribution in [0.1, 0.15) is 42.3 Å². The van der Waals surface area contributed by atoms with Crippen molar-refractivity contribution >= 4 is 52.3 Å². The van der Waals surface area contributed by atoms with E-state index < -0.39 is 24.3 Å². The number of hydrogen-bond acceptors (Lipinski definition) is 8. The Morgan fingerprint density at radius 1 is 1.09 bits per heavy atom. The molecule has 2 atom stereocenters. The van der Waals surface area contributed by atoms with Crippen molar-refractivity contribution in [3.05, 3.63) is 104 Å². The number of esters is 1. The summed E-state index contributed by atoms with van der Waals surface area (Å²) in [5.41, 5.74) is 7.90. The second kappa shape index (κ2) is 14.8. The maximum absolute atomic E-state index is 12.5. The Morgan fingerprint density at radius 2 is 1.87 bits per heavy atom. The molecule has 1 aromatic heterocycles. The standard InChI is InChI=1S/C34H35Cl2N5O6/c1-5-46-29-15-22(32-31(33(43)45-4)19(2)38-34(44)39-32)11-13-28(29)47-18-30(42)40-37-16-24-20(3)41(27-9-7-6-8-23(24)27)17-21-10-12-25(35)26(36)14-21/h6-16,30,32,40,42H,5,17-18H2,1-4H3,(H2,38,39,44)/b37-16+/t30-,32+/m1/s1. The van der Waals surface area contributed by atoms with E-state index in [1.54, 1.807) is 37.4 Å². The summed E-state index contributed by atoms with van der Waals surface area (Å²) in [7, 11) is 1.28. The molecule has 3 aromatic carbocycles. The zero-order valence-electron chi connectivity index (χ0n) is 26.3. The lowest BCUT2D eigenvalue weighted by Crippen LogP contribution is -2.45. The molecule has 246 valence electrons. The highest BCUT2D eigenvalue weighted by molar-refractivity contribution is 6.42.